The van der Waals surface area contributed by atoms with Gasteiger partial charge in [-0.05, 0) is 23.3 Å². The van der Waals surface area contributed by atoms with E-state index in [1.165, 1.54) is 18.4 Å². The first-order chi connectivity index (χ1) is 12.2. The number of aromatic hydroxyl groups is 1. The molecule has 0 unspecified atom stereocenters. The van der Waals surface area contributed by atoms with Gasteiger partial charge < -0.3 is 20.5 Å². The smallest absolute Gasteiger partial charge is 0.256 e. The lowest BCUT2D eigenvalue weighted by molar-refractivity contribution is 0.0937. The molecule has 6 heteroatoms. The Labute approximate surface area is 148 Å². The van der Waals surface area contributed by atoms with Crippen molar-refractivity contribution in [3.8, 4) is 22.6 Å². The molecule has 2 heterocycles. The molecule has 25 heavy (non-hydrogen) atoms. The van der Waals surface area contributed by atoms with E-state index in [2.05, 4.69) is 10.6 Å². The molecule has 3 aromatic rings. The van der Waals surface area contributed by atoms with E-state index in [9.17, 15) is 9.90 Å². The van der Waals surface area contributed by atoms with Crippen LogP contribution in [0.25, 0.3) is 11.1 Å². The minimum atomic E-state index is -0.378. The van der Waals surface area contributed by atoms with Crippen LogP contribution in [0.4, 0.5) is 5.00 Å². The Hall–Kier alpha value is -2.99. The highest BCUT2D eigenvalue weighted by Gasteiger charge is 2.29. The number of amides is 1. The lowest BCUT2D eigenvalue weighted by atomic mass is 10.0. The van der Waals surface area contributed by atoms with Crippen molar-refractivity contribution in [3.05, 3.63) is 65.0 Å². The summed E-state index contributed by atoms with van der Waals surface area (Å²) in [5.41, 5.74) is 3.41. The van der Waals surface area contributed by atoms with Crippen molar-refractivity contribution in [3.63, 3.8) is 0 Å². The van der Waals surface area contributed by atoms with Gasteiger partial charge >= 0.3 is 0 Å². The fourth-order valence-electron chi connectivity index (χ4n) is 2.93. The molecule has 1 amide bonds. The fourth-order valence-corrected chi connectivity index (χ4v) is 3.93. The third kappa shape index (κ3) is 2.70. The van der Waals surface area contributed by atoms with Gasteiger partial charge in [-0.2, -0.15) is 0 Å². The van der Waals surface area contributed by atoms with Crippen LogP contribution in [-0.2, 0) is 0 Å². The average molecular weight is 352 g/mol. The zero-order valence-electron chi connectivity index (χ0n) is 13.4. The number of hydrogen-bond donors (Lipinski definition) is 3. The third-order valence-corrected chi connectivity index (χ3v) is 5.10. The number of carbonyl (C=O) groups is 1. The van der Waals surface area contributed by atoms with E-state index in [0.29, 0.717) is 11.3 Å². The zero-order valence-corrected chi connectivity index (χ0v) is 14.3. The third-order valence-electron chi connectivity index (χ3n) is 4.19. The average Bonchev–Trinajstić information content (AvgIpc) is 3.07. The van der Waals surface area contributed by atoms with Crippen molar-refractivity contribution in [1.29, 1.82) is 0 Å². The second kappa shape index (κ2) is 6.14. The van der Waals surface area contributed by atoms with Crippen molar-refractivity contribution < 1.29 is 14.6 Å². The normalized spacial score (nSPS) is 15.9. The van der Waals surface area contributed by atoms with Crippen LogP contribution in [0.5, 0.6) is 11.5 Å². The number of benzene rings is 2. The van der Waals surface area contributed by atoms with Gasteiger partial charge in [0.25, 0.3) is 5.91 Å². The number of phenols is 1. The molecule has 0 fully saturated rings. The van der Waals surface area contributed by atoms with E-state index in [1.807, 2.05) is 35.7 Å². The number of ether oxygens (including phenoxy) is 1. The second-order valence-corrected chi connectivity index (χ2v) is 6.58. The molecular weight excluding hydrogens is 336 g/mol. The molecule has 0 radical (unpaired) electrons. The lowest BCUT2D eigenvalue weighted by Crippen LogP contribution is -2.37. The van der Waals surface area contributed by atoms with Gasteiger partial charge in [-0.3, -0.25) is 4.79 Å². The maximum atomic E-state index is 12.7. The summed E-state index contributed by atoms with van der Waals surface area (Å²) in [6.07, 6.45) is -0.378. The molecule has 1 atom stereocenters. The molecule has 126 valence electrons. The predicted molar refractivity (Wildman–Crippen MR) is 98.2 cm³/mol. The molecule has 0 spiro atoms. The number of carbonyl (C=O) groups excluding carboxylic acids is 1. The summed E-state index contributed by atoms with van der Waals surface area (Å²) in [7, 11) is 1.50. The van der Waals surface area contributed by atoms with Crippen LogP contribution in [0, 0.1) is 0 Å². The van der Waals surface area contributed by atoms with Gasteiger partial charge in [-0.15, -0.1) is 11.3 Å². The first kappa shape index (κ1) is 15.5. The van der Waals surface area contributed by atoms with Crippen LogP contribution >= 0.6 is 11.3 Å². The molecule has 0 saturated heterocycles. The minimum Gasteiger partial charge on any atom is -0.504 e. The molecule has 2 aromatic carbocycles. The van der Waals surface area contributed by atoms with Crippen LogP contribution in [0.3, 0.4) is 0 Å². The van der Waals surface area contributed by atoms with Crippen LogP contribution in [-0.4, -0.2) is 18.1 Å². The molecular formula is C19H16N2O3S. The molecule has 0 saturated carbocycles. The highest BCUT2D eigenvalue weighted by atomic mass is 32.1. The number of rotatable bonds is 3. The molecule has 3 N–H and O–H groups in total. The highest BCUT2D eigenvalue weighted by molar-refractivity contribution is 7.15. The summed E-state index contributed by atoms with van der Waals surface area (Å²) in [4.78, 5) is 12.7. The quantitative estimate of drug-likeness (QED) is 0.667. The number of nitrogens with one attached hydrogen (secondary N) is 2. The number of fused-ring (bicyclic) bond motifs is 1. The Morgan fingerprint density at radius 1 is 1.12 bits per heavy atom. The summed E-state index contributed by atoms with van der Waals surface area (Å²) in [6.45, 7) is 0. The SMILES string of the molecule is COc1cc([C@H]2NC(=O)c3c(-c4ccccc4)csc3N2)ccc1O. The van der Waals surface area contributed by atoms with E-state index in [0.717, 1.165) is 21.7 Å². The van der Waals surface area contributed by atoms with Gasteiger partial charge in [-0.25, -0.2) is 0 Å². The molecule has 1 aromatic heterocycles. The summed E-state index contributed by atoms with van der Waals surface area (Å²) in [5.74, 6) is 0.318. The Morgan fingerprint density at radius 2 is 1.92 bits per heavy atom. The number of anilines is 1. The number of methoxy groups -OCH3 is 1. The Morgan fingerprint density at radius 3 is 2.68 bits per heavy atom. The summed E-state index contributed by atoms with van der Waals surface area (Å²) in [5, 5.41) is 18.9. The molecule has 1 aliphatic heterocycles. The van der Waals surface area contributed by atoms with Crippen LogP contribution in [0.1, 0.15) is 22.1 Å². The fraction of sp³-hybridized carbons (Fsp3) is 0.105. The van der Waals surface area contributed by atoms with Gasteiger partial charge in [0, 0.05) is 10.9 Å². The van der Waals surface area contributed by atoms with Crippen LogP contribution < -0.4 is 15.4 Å². The topological polar surface area (TPSA) is 70.6 Å². The lowest BCUT2D eigenvalue weighted by Gasteiger charge is -2.27. The predicted octanol–water partition coefficient (Wildman–Crippen LogP) is 3.98. The van der Waals surface area contributed by atoms with Crippen molar-refractivity contribution in [2.75, 3.05) is 12.4 Å². The summed E-state index contributed by atoms with van der Waals surface area (Å²) < 4.78 is 5.15. The molecule has 1 aliphatic rings. The monoisotopic (exact) mass is 352 g/mol. The van der Waals surface area contributed by atoms with Gasteiger partial charge in [0.05, 0.1) is 12.7 Å². The minimum absolute atomic E-state index is 0.0663. The van der Waals surface area contributed by atoms with E-state index >= 15 is 0 Å². The van der Waals surface area contributed by atoms with Gasteiger partial charge in [0.15, 0.2) is 11.5 Å². The second-order valence-electron chi connectivity index (χ2n) is 5.70. The Bertz CT molecular complexity index is 937. The molecule has 4 rings (SSSR count). The van der Waals surface area contributed by atoms with Crippen LogP contribution in [0.15, 0.2) is 53.9 Å². The van der Waals surface area contributed by atoms with Gasteiger partial charge in [0.1, 0.15) is 11.2 Å². The summed E-state index contributed by atoms with van der Waals surface area (Å²) >= 11 is 1.51. The van der Waals surface area contributed by atoms with E-state index in [4.69, 9.17) is 4.74 Å². The number of hydrogen-bond acceptors (Lipinski definition) is 5. The molecule has 5 nitrogen and oxygen atoms in total. The van der Waals surface area contributed by atoms with E-state index < -0.39 is 0 Å². The van der Waals surface area contributed by atoms with Gasteiger partial charge in [0.2, 0.25) is 0 Å². The molecule has 0 bridgehead atoms. The van der Waals surface area contributed by atoms with Crippen molar-refractivity contribution in [2.45, 2.75) is 6.17 Å². The highest BCUT2D eigenvalue weighted by Crippen LogP contribution is 2.40. The van der Waals surface area contributed by atoms with Crippen molar-refractivity contribution in [1.82, 2.24) is 5.32 Å². The van der Waals surface area contributed by atoms with Gasteiger partial charge in [-0.1, -0.05) is 36.4 Å². The van der Waals surface area contributed by atoms with E-state index in [1.54, 1.807) is 18.2 Å². The maximum absolute atomic E-state index is 12.7. The van der Waals surface area contributed by atoms with Crippen molar-refractivity contribution in [2.24, 2.45) is 0 Å². The maximum Gasteiger partial charge on any atom is 0.256 e. The first-order valence-corrected chi connectivity index (χ1v) is 8.66. The summed E-state index contributed by atoms with van der Waals surface area (Å²) in [6, 6.07) is 14.9. The van der Waals surface area contributed by atoms with E-state index in [-0.39, 0.29) is 17.8 Å². The first-order valence-electron chi connectivity index (χ1n) is 7.78. The number of thiophene rings is 1. The Balaban J connectivity index is 1.69. The molecule has 0 aliphatic carbocycles. The van der Waals surface area contributed by atoms with Crippen LogP contribution in [0.2, 0.25) is 0 Å². The van der Waals surface area contributed by atoms with Crippen molar-refractivity contribution >= 4 is 22.2 Å². The largest absolute Gasteiger partial charge is 0.504 e. The standard InChI is InChI=1S/C19H16N2O3S/c1-24-15-9-12(7-8-14(15)22)17-20-18(23)16-13(10-25-19(16)21-17)11-5-3-2-4-6-11/h2-10,17,21-22H,1H3,(H,20,23)/t17-/m0/s1. The zero-order chi connectivity index (χ0) is 17.4. The Kier molecular flexibility index (Phi) is 3.82. The number of phenolic OH excluding ortho intramolecular Hbond substituents is 1.